The molecule has 0 aromatic carbocycles. The molecule has 0 aliphatic carbocycles. The van der Waals surface area contributed by atoms with Crippen molar-refractivity contribution in [2.24, 2.45) is 11.3 Å². The molecule has 2 atom stereocenters. The average molecular weight is 170 g/mol. The first-order valence-corrected chi connectivity index (χ1v) is 4.79. The van der Waals surface area contributed by atoms with Crippen LogP contribution in [0.5, 0.6) is 0 Å². The number of carbonyl (C=O) groups is 1. The zero-order chi connectivity index (χ0) is 9.03. The Kier molecular flexibility index (Phi) is 3.27. The second kappa shape index (κ2) is 4.04. The van der Waals surface area contributed by atoms with Crippen LogP contribution in [0.4, 0.5) is 0 Å². The fourth-order valence-corrected chi connectivity index (χ4v) is 1.84. The van der Waals surface area contributed by atoms with Crippen LogP contribution in [-0.4, -0.2) is 19.5 Å². The summed E-state index contributed by atoms with van der Waals surface area (Å²) in [7, 11) is 0. The maximum Gasteiger partial charge on any atom is 0.128 e. The van der Waals surface area contributed by atoms with Crippen molar-refractivity contribution < 1.29 is 9.53 Å². The predicted octanol–water partition coefficient (Wildman–Crippen LogP) is 2.03. The van der Waals surface area contributed by atoms with Crippen molar-refractivity contribution in [3.05, 3.63) is 0 Å². The summed E-state index contributed by atoms with van der Waals surface area (Å²) in [6.45, 7) is 5.73. The van der Waals surface area contributed by atoms with Gasteiger partial charge in [0.2, 0.25) is 0 Å². The van der Waals surface area contributed by atoms with Crippen LogP contribution < -0.4 is 0 Å². The Bertz CT molecular complexity index is 148. The van der Waals surface area contributed by atoms with E-state index in [1.54, 1.807) is 0 Å². The van der Waals surface area contributed by atoms with Gasteiger partial charge in [0.25, 0.3) is 0 Å². The van der Waals surface area contributed by atoms with E-state index < -0.39 is 0 Å². The van der Waals surface area contributed by atoms with Gasteiger partial charge in [0.05, 0.1) is 12.0 Å². The molecule has 2 heteroatoms. The van der Waals surface area contributed by atoms with Gasteiger partial charge in [-0.1, -0.05) is 20.3 Å². The molecule has 2 unspecified atom stereocenters. The number of ether oxygens (including phenoxy) is 1. The highest BCUT2D eigenvalue weighted by Crippen LogP contribution is 2.35. The minimum atomic E-state index is -0.174. The van der Waals surface area contributed by atoms with Gasteiger partial charge in [0.1, 0.15) is 6.29 Å². The summed E-state index contributed by atoms with van der Waals surface area (Å²) >= 11 is 0. The van der Waals surface area contributed by atoms with Gasteiger partial charge in [-0.25, -0.2) is 0 Å². The van der Waals surface area contributed by atoms with Crippen molar-refractivity contribution in [2.75, 3.05) is 13.2 Å². The van der Waals surface area contributed by atoms with Crippen molar-refractivity contribution in [1.82, 2.24) is 0 Å². The summed E-state index contributed by atoms with van der Waals surface area (Å²) in [6, 6.07) is 0. The maximum absolute atomic E-state index is 11.0. The highest BCUT2D eigenvalue weighted by molar-refractivity contribution is 5.60. The fraction of sp³-hybridized carbons (Fsp3) is 0.900. The highest BCUT2D eigenvalue weighted by Gasteiger charge is 2.36. The van der Waals surface area contributed by atoms with Gasteiger partial charge in [0.15, 0.2) is 0 Å². The normalized spacial score (nSPS) is 32.8. The van der Waals surface area contributed by atoms with E-state index in [1.807, 2.05) is 0 Å². The third-order valence-corrected chi connectivity index (χ3v) is 3.13. The highest BCUT2D eigenvalue weighted by atomic mass is 16.5. The smallest absolute Gasteiger partial charge is 0.128 e. The largest absolute Gasteiger partial charge is 0.380 e. The second-order valence-electron chi connectivity index (χ2n) is 3.82. The van der Waals surface area contributed by atoms with E-state index in [0.29, 0.717) is 12.5 Å². The monoisotopic (exact) mass is 170 g/mol. The van der Waals surface area contributed by atoms with Crippen LogP contribution in [0.15, 0.2) is 0 Å². The SMILES string of the molecule is CCC(C)C1(C=O)CCCOC1. The topological polar surface area (TPSA) is 26.3 Å². The molecule has 1 aliphatic heterocycles. The molecular formula is C10H18O2. The summed E-state index contributed by atoms with van der Waals surface area (Å²) in [4.78, 5) is 11.0. The van der Waals surface area contributed by atoms with Crippen molar-refractivity contribution in [3.63, 3.8) is 0 Å². The molecule has 1 aliphatic rings. The fourth-order valence-electron chi connectivity index (χ4n) is 1.84. The van der Waals surface area contributed by atoms with Crippen LogP contribution in [0.2, 0.25) is 0 Å². The van der Waals surface area contributed by atoms with E-state index in [4.69, 9.17) is 4.74 Å². The number of carbonyl (C=O) groups excluding carboxylic acids is 1. The Labute approximate surface area is 74.3 Å². The molecule has 0 bridgehead atoms. The van der Waals surface area contributed by atoms with E-state index in [0.717, 1.165) is 32.2 Å². The van der Waals surface area contributed by atoms with Crippen molar-refractivity contribution in [2.45, 2.75) is 33.1 Å². The molecular weight excluding hydrogens is 152 g/mol. The van der Waals surface area contributed by atoms with E-state index in [9.17, 15) is 4.79 Å². The summed E-state index contributed by atoms with van der Waals surface area (Å²) < 4.78 is 5.37. The molecule has 0 N–H and O–H groups in total. The number of hydrogen-bond donors (Lipinski definition) is 0. The van der Waals surface area contributed by atoms with Gasteiger partial charge in [-0.2, -0.15) is 0 Å². The van der Waals surface area contributed by atoms with Crippen LogP contribution in [0.1, 0.15) is 33.1 Å². The quantitative estimate of drug-likeness (QED) is 0.606. The maximum atomic E-state index is 11.0. The summed E-state index contributed by atoms with van der Waals surface area (Å²) in [5, 5.41) is 0. The molecule has 0 saturated carbocycles. The van der Waals surface area contributed by atoms with Crippen LogP contribution in [-0.2, 0) is 9.53 Å². The Hall–Kier alpha value is -0.370. The molecule has 0 aromatic heterocycles. The van der Waals surface area contributed by atoms with Gasteiger partial charge in [-0.05, 0) is 18.8 Å². The van der Waals surface area contributed by atoms with E-state index in [2.05, 4.69) is 13.8 Å². The van der Waals surface area contributed by atoms with E-state index >= 15 is 0 Å². The van der Waals surface area contributed by atoms with E-state index in [-0.39, 0.29) is 5.41 Å². The van der Waals surface area contributed by atoms with Crippen LogP contribution >= 0.6 is 0 Å². The third kappa shape index (κ3) is 1.69. The van der Waals surface area contributed by atoms with Crippen molar-refractivity contribution in [1.29, 1.82) is 0 Å². The first kappa shape index (κ1) is 9.72. The van der Waals surface area contributed by atoms with Gasteiger partial charge in [-0.3, -0.25) is 0 Å². The van der Waals surface area contributed by atoms with E-state index in [1.165, 1.54) is 0 Å². The van der Waals surface area contributed by atoms with Crippen molar-refractivity contribution in [3.8, 4) is 0 Å². The second-order valence-corrected chi connectivity index (χ2v) is 3.82. The molecule has 70 valence electrons. The lowest BCUT2D eigenvalue weighted by atomic mass is 9.72. The number of hydrogen-bond acceptors (Lipinski definition) is 2. The zero-order valence-electron chi connectivity index (χ0n) is 8.01. The minimum Gasteiger partial charge on any atom is -0.380 e. The van der Waals surface area contributed by atoms with Gasteiger partial charge >= 0.3 is 0 Å². The average Bonchev–Trinajstić information content (AvgIpc) is 2.17. The lowest BCUT2D eigenvalue weighted by molar-refractivity contribution is -0.128. The van der Waals surface area contributed by atoms with Crippen LogP contribution in [0.3, 0.4) is 0 Å². The lowest BCUT2D eigenvalue weighted by Crippen LogP contribution is -2.38. The molecule has 1 saturated heterocycles. The number of rotatable bonds is 3. The Morgan fingerprint density at radius 2 is 2.42 bits per heavy atom. The Morgan fingerprint density at radius 3 is 2.83 bits per heavy atom. The van der Waals surface area contributed by atoms with Gasteiger partial charge in [-0.15, -0.1) is 0 Å². The van der Waals surface area contributed by atoms with Crippen molar-refractivity contribution >= 4 is 6.29 Å². The molecule has 0 spiro atoms. The molecule has 1 fully saturated rings. The molecule has 0 aromatic rings. The zero-order valence-corrected chi connectivity index (χ0v) is 8.01. The van der Waals surface area contributed by atoms with Gasteiger partial charge in [0, 0.05) is 6.61 Å². The van der Waals surface area contributed by atoms with Crippen LogP contribution in [0.25, 0.3) is 0 Å². The minimum absolute atomic E-state index is 0.174. The molecule has 0 radical (unpaired) electrons. The molecule has 1 heterocycles. The standard InChI is InChI=1S/C10H18O2/c1-3-9(2)10(7-11)5-4-6-12-8-10/h7,9H,3-6,8H2,1-2H3. The summed E-state index contributed by atoms with van der Waals surface area (Å²) in [5.41, 5.74) is -0.174. The first-order valence-electron chi connectivity index (χ1n) is 4.79. The molecule has 2 nitrogen and oxygen atoms in total. The van der Waals surface area contributed by atoms with Gasteiger partial charge < -0.3 is 9.53 Å². The summed E-state index contributed by atoms with van der Waals surface area (Å²) in [5.74, 6) is 0.454. The summed E-state index contributed by atoms with van der Waals surface area (Å²) in [6.07, 6.45) is 4.21. The number of aldehydes is 1. The first-order chi connectivity index (χ1) is 5.75. The Balaban J connectivity index is 2.65. The molecule has 12 heavy (non-hydrogen) atoms. The lowest BCUT2D eigenvalue weighted by Gasteiger charge is -2.36. The predicted molar refractivity (Wildman–Crippen MR) is 48.0 cm³/mol. The van der Waals surface area contributed by atoms with Crippen LogP contribution in [0, 0.1) is 11.3 Å². The Morgan fingerprint density at radius 1 is 1.67 bits per heavy atom. The molecule has 1 rings (SSSR count). The molecule has 0 amide bonds. The third-order valence-electron chi connectivity index (χ3n) is 3.13.